The summed E-state index contributed by atoms with van der Waals surface area (Å²) in [6, 6.07) is 14.7. The zero-order valence-corrected chi connectivity index (χ0v) is 16.6. The van der Waals surface area contributed by atoms with Crippen molar-refractivity contribution in [2.24, 2.45) is 0 Å². The number of hydrogen-bond acceptors (Lipinski definition) is 4. The standard InChI is InChI=1S/C22H25N5O/c1-16(28)27-10-9-20-12-19(7-8-22(20)27)21-15-26(24-23-21)14-18-6-4-5-17(11-18)13-25(2)3/h4-8,11-12,15H,9-10,13-14H2,1-3H3. The Balaban J connectivity index is 1.52. The lowest BCUT2D eigenvalue weighted by atomic mass is 10.1. The van der Waals surface area contributed by atoms with Gasteiger partial charge < -0.3 is 9.80 Å². The minimum atomic E-state index is 0.0916. The highest BCUT2D eigenvalue weighted by Crippen LogP contribution is 2.31. The average molecular weight is 375 g/mol. The predicted molar refractivity (Wildman–Crippen MR) is 110 cm³/mol. The van der Waals surface area contributed by atoms with Crippen molar-refractivity contribution < 1.29 is 4.79 Å². The second-order valence-corrected chi connectivity index (χ2v) is 7.62. The largest absolute Gasteiger partial charge is 0.312 e. The van der Waals surface area contributed by atoms with Gasteiger partial charge in [0, 0.05) is 31.3 Å². The minimum absolute atomic E-state index is 0.0916. The van der Waals surface area contributed by atoms with Crippen molar-refractivity contribution in [2.75, 3.05) is 25.5 Å². The summed E-state index contributed by atoms with van der Waals surface area (Å²) in [7, 11) is 4.14. The molecule has 3 aromatic rings. The molecule has 0 aliphatic carbocycles. The molecule has 1 aliphatic heterocycles. The molecule has 28 heavy (non-hydrogen) atoms. The van der Waals surface area contributed by atoms with Gasteiger partial charge in [-0.25, -0.2) is 4.68 Å². The van der Waals surface area contributed by atoms with E-state index in [0.29, 0.717) is 6.54 Å². The van der Waals surface area contributed by atoms with Crippen LogP contribution in [0.3, 0.4) is 0 Å². The van der Waals surface area contributed by atoms with Crippen LogP contribution in [-0.2, 0) is 24.3 Å². The van der Waals surface area contributed by atoms with Crippen LogP contribution in [0.2, 0.25) is 0 Å². The maximum Gasteiger partial charge on any atom is 0.223 e. The van der Waals surface area contributed by atoms with E-state index in [0.717, 1.165) is 36.5 Å². The third-order valence-electron chi connectivity index (χ3n) is 5.02. The van der Waals surface area contributed by atoms with E-state index in [1.165, 1.54) is 16.7 Å². The molecule has 2 aromatic carbocycles. The Bertz CT molecular complexity index is 1010. The number of aromatic nitrogens is 3. The van der Waals surface area contributed by atoms with Gasteiger partial charge in [0.15, 0.2) is 0 Å². The van der Waals surface area contributed by atoms with Crippen molar-refractivity contribution in [3.05, 3.63) is 65.4 Å². The fourth-order valence-electron chi connectivity index (χ4n) is 3.77. The van der Waals surface area contributed by atoms with E-state index < -0.39 is 0 Å². The third kappa shape index (κ3) is 3.82. The second kappa shape index (κ2) is 7.56. The summed E-state index contributed by atoms with van der Waals surface area (Å²) in [5.74, 6) is 0.0916. The smallest absolute Gasteiger partial charge is 0.223 e. The van der Waals surface area contributed by atoms with Crippen molar-refractivity contribution in [2.45, 2.75) is 26.4 Å². The van der Waals surface area contributed by atoms with Gasteiger partial charge in [-0.15, -0.1) is 5.10 Å². The lowest BCUT2D eigenvalue weighted by Crippen LogP contribution is -2.25. The van der Waals surface area contributed by atoms with E-state index in [-0.39, 0.29) is 5.91 Å². The molecular formula is C22H25N5O. The Labute approximate surface area is 165 Å². The molecule has 0 bridgehead atoms. The fourth-order valence-corrected chi connectivity index (χ4v) is 3.77. The quantitative estimate of drug-likeness (QED) is 0.688. The Morgan fingerprint density at radius 3 is 2.75 bits per heavy atom. The first-order chi connectivity index (χ1) is 13.5. The summed E-state index contributed by atoms with van der Waals surface area (Å²) >= 11 is 0. The van der Waals surface area contributed by atoms with Crippen LogP contribution in [0.4, 0.5) is 5.69 Å². The zero-order valence-electron chi connectivity index (χ0n) is 16.6. The number of rotatable bonds is 5. The van der Waals surface area contributed by atoms with E-state index in [9.17, 15) is 4.79 Å². The number of carbonyl (C=O) groups excluding carboxylic acids is 1. The van der Waals surface area contributed by atoms with Crippen LogP contribution >= 0.6 is 0 Å². The summed E-state index contributed by atoms with van der Waals surface area (Å²) in [6.45, 7) is 3.98. The van der Waals surface area contributed by atoms with Crippen molar-refractivity contribution in [1.29, 1.82) is 0 Å². The number of anilines is 1. The maximum atomic E-state index is 11.7. The SMILES string of the molecule is CC(=O)N1CCc2cc(-c3cn(Cc4cccc(CN(C)C)c4)nn3)ccc21. The maximum absolute atomic E-state index is 11.7. The molecule has 1 aromatic heterocycles. The van der Waals surface area contributed by atoms with Crippen molar-refractivity contribution in [3.63, 3.8) is 0 Å². The summed E-state index contributed by atoms with van der Waals surface area (Å²) in [5, 5.41) is 8.66. The average Bonchev–Trinajstić information content (AvgIpc) is 3.27. The number of fused-ring (bicyclic) bond motifs is 1. The van der Waals surface area contributed by atoms with Gasteiger partial charge in [-0.05, 0) is 49.3 Å². The van der Waals surface area contributed by atoms with Crippen LogP contribution in [0.5, 0.6) is 0 Å². The number of amides is 1. The molecule has 4 rings (SSSR count). The molecule has 0 atom stereocenters. The Morgan fingerprint density at radius 2 is 1.96 bits per heavy atom. The molecule has 0 N–H and O–H groups in total. The molecule has 0 fully saturated rings. The minimum Gasteiger partial charge on any atom is -0.312 e. The summed E-state index contributed by atoms with van der Waals surface area (Å²) in [6.07, 6.45) is 2.87. The lowest BCUT2D eigenvalue weighted by Gasteiger charge is -2.14. The number of nitrogens with zero attached hydrogens (tertiary/aromatic N) is 5. The third-order valence-corrected chi connectivity index (χ3v) is 5.02. The lowest BCUT2D eigenvalue weighted by molar-refractivity contribution is -0.116. The van der Waals surface area contributed by atoms with Crippen molar-refractivity contribution >= 4 is 11.6 Å². The highest BCUT2D eigenvalue weighted by molar-refractivity contribution is 5.94. The molecule has 2 heterocycles. The normalized spacial score (nSPS) is 13.2. The summed E-state index contributed by atoms with van der Waals surface area (Å²) < 4.78 is 1.87. The molecule has 6 nitrogen and oxygen atoms in total. The number of benzene rings is 2. The van der Waals surface area contributed by atoms with Gasteiger partial charge in [-0.1, -0.05) is 35.5 Å². The van der Waals surface area contributed by atoms with Crippen LogP contribution in [0.25, 0.3) is 11.3 Å². The molecular weight excluding hydrogens is 350 g/mol. The van der Waals surface area contributed by atoms with E-state index in [2.05, 4.69) is 59.6 Å². The fraction of sp³-hybridized carbons (Fsp3) is 0.318. The molecule has 144 valence electrons. The van der Waals surface area contributed by atoms with Gasteiger partial charge in [0.05, 0.1) is 12.7 Å². The van der Waals surface area contributed by atoms with E-state index in [1.807, 2.05) is 27.9 Å². The molecule has 1 aliphatic rings. The van der Waals surface area contributed by atoms with Gasteiger partial charge in [0.25, 0.3) is 0 Å². The first-order valence-electron chi connectivity index (χ1n) is 9.53. The number of hydrogen-bond donors (Lipinski definition) is 0. The molecule has 0 spiro atoms. The summed E-state index contributed by atoms with van der Waals surface area (Å²) in [4.78, 5) is 15.7. The Kier molecular flexibility index (Phi) is 4.96. The van der Waals surface area contributed by atoms with E-state index in [4.69, 9.17) is 0 Å². The van der Waals surface area contributed by atoms with Crippen LogP contribution in [0, 0.1) is 0 Å². The molecule has 6 heteroatoms. The predicted octanol–water partition coefficient (Wildman–Crippen LogP) is 2.96. The van der Waals surface area contributed by atoms with Gasteiger partial charge in [0.2, 0.25) is 5.91 Å². The molecule has 0 saturated carbocycles. The molecule has 0 radical (unpaired) electrons. The first-order valence-corrected chi connectivity index (χ1v) is 9.53. The van der Waals surface area contributed by atoms with Gasteiger partial charge >= 0.3 is 0 Å². The van der Waals surface area contributed by atoms with Crippen molar-refractivity contribution in [1.82, 2.24) is 19.9 Å². The highest BCUT2D eigenvalue weighted by Gasteiger charge is 2.22. The van der Waals surface area contributed by atoms with Gasteiger partial charge in [-0.3, -0.25) is 4.79 Å². The zero-order chi connectivity index (χ0) is 19.7. The van der Waals surface area contributed by atoms with Gasteiger partial charge in [-0.2, -0.15) is 0 Å². The highest BCUT2D eigenvalue weighted by atomic mass is 16.2. The van der Waals surface area contributed by atoms with Crippen LogP contribution in [0.15, 0.2) is 48.7 Å². The Morgan fingerprint density at radius 1 is 1.14 bits per heavy atom. The topological polar surface area (TPSA) is 54.3 Å². The first kappa shape index (κ1) is 18.4. The van der Waals surface area contributed by atoms with Crippen LogP contribution in [0.1, 0.15) is 23.6 Å². The molecule has 0 unspecified atom stereocenters. The van der Waals surface area contributed by atoms with E-state index in [1.54, 1.807) is 6.92 Å². The molecule has 0 saturated heterocycles. The monoisotopic (exact) mass is 375 g/mol. The second-order valence-electron chi connectivity index (χ2n) is 7.62. The summed E-state index contributed by atoms with van der Waals surface area (Å²) in [5.41, 5.74) is 6.60. The van der Waals surface area contributed by atoms with Crippen LogP contribution < -0.4 is 4.90 Å². The molecule has 1 amide bonds. The van der Waals surface area contributed by atoms with Gasteiger partial charge in [0.1, 0.15) is 5.69 Å². The number of carbonyl (C=O) groups is 1. The Hall–Kier alpha value is -2.99. The van der Waals surface area contributed by atoms with Crippen LogP contribution in [-0.4, -0.2) is 46.4 Å². The van der Waals surface area contributed by atoms with Crippen molar-refractivity contribution in [3.8, 4) is 11.3 Å². The van der Waals surface area contributed by atoms with E-state index >= 15 is 0 Å².